The maximum atomic E-state index is 13.3. The van der Waals surface area contributed by atoms with Gasteiger partial charge in [-0.1, -0.05) is 65.9 Å². The lowest BCUT2D eigenvalue weighted by atomic mass is 10.0. The van der Waals surface area contributed by atoms with Crippen molar-refractivity contribution in [1.82, 2.24) is 29.4 Å². The Balaban J connectivity index is 1.39. The molecular weight excluding hydrogens is 480 g/mol. The molecule has 7 aromatic rings. The number of para-hydroxylation sites is 1. The zero-order valence-corrected chi connectivity index (χ0v) is 20.2. The molecule has 0 aliphatic carbocycles. The van der Waals surface area contributed by atoms with Crippen LogP contribution in [0.4, 0.5) is 0 Å². The lowest BCUT2D eigenvalue weighted by Crippen LogP contribution is -2.23. The van der Waals surface area contributed by atoms with Gasteiger partial charge in [-0.2, -0.15) is 14.6 Å². The standard InChI is InChI=1S/C29H18N6OS/c36-28-25(37-29-31-27(33-35(28)29)20-12-14-30-15-13-20)17-23-18-34(24-8-2-1-3-9-24)32-26(23)22-11-10-19-6-4-5-7-21(19)16-22/h1-18H. The third kappa shape index (κ3) is 3.80. The highest BCUT2D eigenvalue weighted by Crippen LogP contribution is 2.28. The van der Waals surface area contributed by atoms with Crippen LogP contribution >= 0.6 is 11.3 Å². The van der Waals surface area contributed by atoms with E-state index in [1.54, 1.807) is 12.4 Å². The average Bonchev–Trinajstić information content (AvgIpc) is 3.64. The average molecular weight is 499 g/mol. The Morgan fingerprint density at radius 1 is 0.784 bits per heavy atom. The Morgan fingerprint density at radius 2 is 1.57 bits per heavy atom. The van der Waals surface area contributed by atoms with Crippen molar-refractivity contribution in [1.29, 1.82) is 0 Å². The Bertz CT molecular complexity index is 2010. The SMILES string of the molecule is O=c1c(=Cc2cn(-c3ccccc3)nc2-c2ccc3ccccc3c2)sc2nc(-c3ccncc3)nn12. The van der Waals surface area contributed by atoms with Crippen LogP contribution in [0.1, 0.15) is 5.56 Å². The van der Waals surface area contributed by atoms with E-state index in [4.69, 9.17) is 5.10 Å². The fourth-order valence-corrected chi connectivity index (χ4v) is 5.26. The fourth-order valence-electron chi connectivity index (χ4n) is 4.37. The molecule has 3 aromatic carbocycles. The first-order valence-electron chi connectivity index (χ1n) is 11.7. The summed E-state index contributed by atoms with van der Waals surface area (Å²) in [4.78, 5) is 22.4. The second-order valence-corrected chi connectivity index (χ2v) is 9.57. The molecule has 7 nitrogen and oxygen atoms in total. The molecule has 0 radical (unpaired) electrons. The second-order valence-electron chi connectivity index (χ2n) is 8.56. The van der Waals surface area contributed by atoms with Gasteiger partial charge in [-0.05, 0) is 47.2 Å². The molecule has 0 unspecified atom stereocenters. The van der Waals surface area contributed by atoms with Crippen molar-refractivity contribution in [2.24, 2.45) is 0 Å². The minimum atomic E-state index is -0.204. The Kier molecular flexibility index (Phi) is 4.97. The molecule has 4 aromatic heterocycles. The zero-order valence-electron chi connectivity index (χ0n) is 19.4. The molecule has 176 valence electrons. The number of aromatic nitrogens is 6. The molecular formula is C29H18N6OS. The maximum absolute atomic E-state index is 13.3. The summed E-state index contributed by atoms with van der Waals surface area (Å²) in [6, 6.07) is 28.1. The number of rotatable bonds is 4. The van der Waals surface area contributed by atoms with Crippen LogP contribution in [0, 0.1) is 0 Å². The summed E-state index contributed by atoms with van der Waals surface area (Å²) in [7, 11) is 0. The van der Waals surface area contributed by atoms with Crippen LogP contribution in [0.3, 0.4) is 0 Å². The molecule has 0 aliphatic heterocycles. The van der Waals surface area contributed by atoms with Gasteiger partial charge in [0.15, 0.2) is 5.82 Å². The van der Waals surface area contributed by atoms with Crippen molar-refractivity contribution in [3.05, 3.63) is 124 Å². The van der Waals surface area contributed by atoms with Crippen LogP contribution in [0.25, 0.3) is 50.1 Å². The van der Waals surface area contributed by atoms with E-state index >= 15 is 0 Å². The van der Waals surface area contributed by atoms with E-state index in [2.05, 4.69) is 45.4 Å². The lowest BCUT2D eigenvalue weighted by Gasteiger charge is -2.03. The van der Waals surface area contributed by atoms with E-state index in [0.717, 1.165) is 38.8 Å². The topological polar surface area (TPSA) is 78.0 Å². The molecule has 0 N–H and O–H groups in total. The van der Waals surface area contributed by atoms with Crippen LogP contribution in [-0.2, 0) is 0 Å². The van der Waals surface area contributed by atoms with Gasteiger partial charge in [0.25, 0.3) is 5.56 Å². The molecule has 0 fully saturated rings. The van der Waals surface area contributed by atoms with Crippen LogP contribution < -0.4 is 10.1 Å². The van der Waals surface area contributed by atoms with Gasteiger partial charge in [-0.15, -0.1) is 5.10 Å². The highest BCUT2D eigenvalue weighted by Gasteiger charge is 2.15. The largest absolute Gasteiger partial charge is 0.291 e. The summed E-state index contributed by atoms with van der Waals surface area (Å²) in [5.41, 5.74) is 4.17. The highest BCUT2D eigenvalue weighted by atomic mass is 32.1. The van der Waals surface area contributed by atoms with Gasteiger partial charge in [-0.3, -0.25) is 9.78 Å². The molecule has 8 heteroatoms. The van der Waals surface area contributed by atoms with Crippen LogP contribution in [-0.4, -0.2) is 29.4 Å². The molecule has 0 aliphatic rings. The predicted octanol–water partition coefficient (Wildman–Crippen LogP) is 4.77. The summed E-state index contributed by atoms with van der Waals surface area (Å²) in [5.74, 6) is 0.506. The summed E-state index contributed by atoms with van der Waals surface area (Å²) in [5, 5.41) is 11.7. The Morgan fingerprint density at radius 3 is 2.38 bits per heavy atom. The summed E-state index contributed by atoms with van der Waals surface area (Å²) >= 11 is 1.31. The third-order valence-corrected chi connectivity index (χ3v) is 7.15. The maximum Gasteiger partial charge on any atom is 0.291 e. The zero-order chi connectivity index (χ0) is 24.8. The molecule has 0 saturated heterocycles. The van der Waals surface area contributed by atoms with Gasteiger partial charge in [0.05, 0.1) is 10.2 Å². The van der Waals surface area contributed by atoms with Crippen molar-refractivity contribution in [3.8, 4) is 28.3 Å². The van der Waals surface area contributed by atoms with Crippen LogP contribution in [0.15, 0.2) is 108 Å². The quantitative estimate of drug-likeness (QED) is 0.350. The van der Waals surface area contributed by atoms with Gasteiger partial charge in [0.2, 0.25) is 4.96 Å². The number of nitrogens with zero attached hydrogens (tertiary/aromatic N) is 6. The fraction of sp³-hybridized carbons (Fsp3) is 0. The molecule has 0 bridgehead atoms. The number of hydrogen-bond donors (Lipinski definition) is 0. The number of benzene rings is 3. The van der Waals surface area contributed by atoms with E-state index in [0.29, 0.717) is 15.3 Å². The van der Waals surface area contributed by atoms with Crippen LogP contribution in [0.2, 0.25) is 0 Å². The molecule has 7 rings (SSSR count). The van der Waals surface area contributed by atoms with Crippen LogP contribution in [0.5, 0.6) is 0 Å². The van der Waals surface area contributed by atoms with Crippen molar-refractivity contribution in [2.75, 3.05) is 0 Å². The summed E-state index contributed by atoms with van der Waals surface area (Å²) in [6.45, 7) is 0. The number of pyridine rings is 1. The monoisotopic (exact) mass is 498 g/mol. The van der Waals surface area contributed by atoms with Gasteiger partial charge in [-0.25, -0.2) is 4.68 Å². The number of thiazole rings is 1. The Labute approximate surface area is 214 Å². The number of fused-ring (bicyclic) bond motifs is 2. The van der Waals surface area contributed by atoms with E-state index < -0.39 is 0 Å². The molecule has 37 heavy (non-hydrogen) atoms. The van der Waals surface area contributed by atoms with Crippen molar-refractivity contribution >= 4 is 33.1 Å². The highest BCUT2D eigenvalue weighted by molar-refractivity contribution is 7.15. The van der Waals surface area contributed by atoms with Gasteiger partial charge < -0.3 is 0 Å². The van der Waals surface area contributed by atoms with Gasteiger partial charge >= 0.3 is 0 Å². The van der Waals surface area contributed by atoms with Crippen molar-refractivity contribution in [2.45, 2.75) is 0 Å². The second kappa shape index (κ2) is 8.61. The lowest BCUT2D eigenvalue weighted by molar-refractivity contribution is 0.884. The Hall–Kier alpha value is -4.95. The van der Waals surface area contributed by atoms with Gasteiger partial charge in [0, 0.05) is 35.3 Å². The first-order chi connectivity index (χ1) is 18.2. The normalized spacial score (nSPS) is 12.1. The van der Waals surface area contributed by atoms with Crippen molar-refractivity contribution < 1.29 is 0 Å². The predicted molar refractivity (Wildman–Crippen MR) is 146 cm³/mol. The van der Waals surface area contributed by atoms with E-state index in [-0.39, 0.29) is 5.56 Å². The van der Waals surface area contributed by atoms with Crippen molar-refractivity contribution in [3.63, 3.8) is 0 Å². The minimum absolute atomic E-state index is 0.204. The van der Waals surface area contributed by atoms with Gasteiger partial charge in [0.1, 0.15) is 5.69 Å². The van der Waals surface area contributed by atoms with E-state index in [9.17, 15) is 4.79 Å². The summed E-state index contributed by atoms with van der Waals surface area (Å²) in [6.07, 6.45) is 7.20. The third-order valence-electron chi connectivity index (χ3n) is 6.19. The first-order valence-corrected chi connectivity index (χ1v) is 12.5. The number of hydrogen-bond acceptors (Lipinski definition) is 6. The van der Waals surface area contributed by atoms with E-state index in [1.165, 1.54) is 15.9 Å². The molecule has 0 saturated carbocycles. The molecule has 0 atom stereocenters. The molecule has 4 heterocycles. The molecule has 0 spiro atoms. The first kappa shape index (κ1) is 21.3. The minimum Gasteiger partial charge on any atom is -0.266 e. The van der Waals surface area contributed by atoms with E-state index in [1.807, 2.05) is 71.6 Å². The summed E-state index contributed by atoms with van der Waals surface area (Å²) < 4.78 is 3.76. The smallest absolute Gasteiger partial charge is 0.266 e. The molecule has 0 amide bonds.